The van der Waals surface area contributed by atoms with Gasteiger partial charge in [-0.15, -0.1) is 0 Å². The standard InChI is InChI=1S/C92H186/c1-28-42-48-49-54-67-88(25,84(60-39-12)68-75(15)16)90(27,89(26,71-81(57-36-9)62-51-44-30-3)85(74-86(21,22)65-40-13)70-80(56-35-8)61-50-43-29-2)91(78(19)69-76(17)41-14,72-82(58-37-10)63-52-45-31-4)92(79(20)77(18)55-34-7,87(23,24)66-47-33-6)73-83(59-38-11)64-53-46-32-5/h75-85H,28-74H2,1-27H3. The van der Waals surface area contributed by atoms with Crippen LogP contribution >= 0.6 is 0 Å². The summed E-state index contributed by atoms with van der Waals surface area (Å²) in [6.45, 7) is 74.9. The lowest BCUT2D eigenvalue weighted by Crippen LogP contribution is -2.74. The highest BCUT2D eigenvalue weighted by atomic mass is 14.8. The molecule has 0 radical (unpaired) electrons. The first-order valence-electron chi connectivity index (χ1n) is 43.6. The Morgan fingerprint density at radius 2 is 0.696 bits per heavy atom. The molecule has 0 spiro atoms. The second kappa shape index (κ2) is 49.5. The second-order valence-corrected chi connectivity index (χ2v) is 36.6. The number of unbranched alkanes of at least 4 members (excludes halogenated alkanes) is 13. The molecule has 0 aromatic heterocycles. The molecule has 92 heavy (non-hydrogen) atoms. The molecule has 15 atom stereocenters. The molecule has 0 N–H and O–H groups in total. The van der Waals surface area contributed by atoms with Crippen molar-refractivity contribution in [2.45, 2.75) is 489 Å². The Kier molecular flexibility index (Phi) is 49.5. The summed E-state index contributed by atoms with van der Waals surface area (Å²) >= 11 is 0. The van der Waals surface area contributed by atoms with Gasteiger partial charge in [0.05, 0.1) is 0 Å². The van der Waals surface area contributed by atoms with Crippen molar-refractivity contribution in [3.63, 3.8) is 0 Å². The Labute approximate surface area is 588 Å². The van der Waals surface area contributed by atoms with Gasteiger partial charge in [-0.05, 0) is 167 Å². The van der Waals surface area contributed by atoms with Crippen LogP contribution in [-0.2, 0) is 0 Å². The van der Waals surface area contributed by atoms with Crippen LogP contribution in [0.25, 0.3) is 0 Å². The lowest BCUT2D eigenvalue weighted by Gasteiger charge is -2.80. The molecule has 0 saturated heterocycles. The molecule has 0 heterocycles. The quantitative estimate of drug-likeness (QED) is 0.0533. The highest BCUT2D eigenvalue weighted by Crippen LogP contribution is 2.83. The molecular formula is C92H186. The average molecular weight is 1290 g/mol. The average Bonchev–Trinajstić information content (AvgIpc) is 0.656. The van der Waals surface area contributed by atoms with E-state index in [1.165, 1.54) is 302 Å². The maximum Gasteiger partial charge on any atom is -0.0140 e. The highest BCUT2D eigenvalue weighted by Gasteiger charge is 2.77. The smallest absolute Gasteiger partial charge is 0.0140 e. The minimum atomic E-state index is -0.0239. The largest absolute Gasteiger partial charge is 0.0654 e. The van der Waals surface area contributed by atoms with E-state index >= 15 is 0 Å². The lowest BCUT2D eigenvalue weighted by molar-refractivity contribution is -0.322. The minimum absolute atomic E-state index is 0.0239. The van der Waals surface area contributed by atoms with Crippen LogP contribution in [0, 0.1) is 103 Å². The number of hydrogen-bond donors (Lipinski definition) is 0. The van der Waals surface area contributed by atoms with Crippen molar-refractivity contribution in [1.82, 2.24) is 0 Å². The summed E-state index contributed by atoms with van der Waals surface area (Å²) in [5, 5.41) is 0. The molecule has 0 amide bonds. The topological polar surface area (TPSA) is 0 Å². The summed E-state index contributed by atoms with van der Waals surface area (Å²) in [5.41, 5.74) is 0.608. The Morgan fingerprint density at radius 3 is 1.12 bits per heavy atom. The number of rotatable bonds is 64. The Hall–Kier alpha value is 0. The van der Waals surface area contributed by atoms with Crippen molar-refractivity contribution in [2.24, 2.45) is 103 Å². The van der Waals surface area contributed by atoms with E-state index in [0.717, 1.165) is 23.7 Å². The van der Waals surface area contributed by atoms with Gasteiger partial charge in [0.15, 0.2) is 0 Å². The van der Waals surface area contributed by atoms with Gasteiger partial charge >= 0.3 is 0 Å². The molecule has 0 fully saturated rings. The maximum absolute atomic E-state index is 3.42. The maximum atomic E-state index is 3.42. The van der Waals surface area contributed by atoms with Crippen molar-refractivity contribution in [2.75, 3.05) is 0 Å². The molecule has 0 aromatic carbocycles. The zero-order valence-corrected chi connectivity index (χ0v) is 70.1. The zero-order valence-electron chi connectivity index (χ0n) is 70.1. The van der Waals surface area contributed by atoms with Gasteiger partial charge < -0.3 is 0 Å². The van der Waals surface area contributed by atoms with Crippen LogP contribution in [0.3, 0.4) is 0 Å². The number of hydrogen-bond acceptors (Lipinski definition) is 0. The summed E-state index contributed by atoms with van der Waals surface area (Å²) in [6, 6.07) is 0. The Balaban J connectivity index is 12.5. The fraction of sp³-hybridized carbons (Fsp3) is 1.00. The van der Waals surface area contributed by atoms with Crippen molar-refractivity contribution in [3.05, 3.63) is 0 Å². The molecule has 0 aliphatic heterocycles. The molecule has 0 heteroatoms. The third-order valence-electron chi connectivity index (χ3n) is 27.9. The van der Waals surface area contributed by atoms with Gasteiger partial charge in [-0.25, -0.2) is 0 Å². The van der Waals surface area contributed by atoms with E-state index < -0.39 is 0 Å². The second-order valence-electron chi connectivity index (χ2n) is 36.6. The van der Waals surface area contributed by atoms with E-state index in [-0.39, 0.29) is 37.9 Å². The van der Waals surface area contributed by atoms with Crippen LogP contribution in [-0.4, -0.2) is 0 Å². The van der Waals surface area contributed by atoms with Crippen molar-refractivity contribution in [1.29, 1.82) is 0 Å². The molecule has 15 unspecified atom stereocenters. The molecule has 554 valence electrons. The van der Waals surface area contributed by atoms with Gasteiger partial charge in [-0.1, -0.05) is 425 Å². The summed E-state index contributed by atoms with van der Waals surface area (Å²) in [6.07, 6.45) is 64.9. The molecule has 0 aliphatic carbocycles. The van der Waals surface area contributed by atoms with Gasteiger partial charge in [0, 0.05) is 0 Å². The SMILES string of the molecule is CCCCCCCC(C)(C(CCC)CC(C)C)C(C)(C(C)(CC(CCC)CCCCC)C(CC(CCC)CCCCC)CC(C)(C)CCC)C(CC(CCC)CCCCC)(C(C)CC(C)CC)C(CC(CCC)CCCCC)(C(C)C(C)CCC)C(C)(C)CCCC. The predicted molar refractivity (Wildman–Crippen MR) is 426 cm³/mol. The van der Waals surface area contributed by atoms with Gasteiger partial charge in [-0.3, -0.25) is 0 Å². The van der Waals surface area contributed by atoms with Crippen molar-refractivity contribution < 1.29 is 0 Å². The zero-order chi connectivity index (χ0) is 70.1. The molecule has 0 nitrogen and oxygen atoms in total. The first-order chi connectivity index (χ1) is 43.6. The fourth-order valence-electron chi connectivity index (χ4n) is 23.0. The minimum Gasteiger partial charge on any atom is -0.0654 e. The van der Waals surface area contributed by atoms with E-state index in [9.17, 15) is 0 Å². The van der Waals surface area contributed by atoms with Gasteiger partial charge in [0.25, 0.3) is 0 Å². The first-order valence-corrected chi connectivity index (χ1v) is 43.6. The molecule has 0 saturated carbocycles. The highest BCUT2D eigenvalue weighted by molar-refractivity contribution is 5.25. The lowest BCUT2D eigenvalue weighted by atomic mass is 9.24. The fourth-order valence-corrected chi connectivity index (χ4v) is 23.0. The van der Waals surface area contributed by atoms with Gasteiger partial charge in [0.2, 0.25) is 0 Å². The molecule has 0 rings (SSSR count). The molecule has 0 bridgehead atoms. The van der Waals surface area contributed by atoms with E-state index in [1.54, 1.807) is 0 Å². The van der Waals surface area contributed by atoms with Crippen LogP contribution in [0.1, 0.15) is 489 Å². The van der Waals surface area contributed by atoms with Crippen LogP contribution in [0.5, 0.6) is 0 Å². The van der Waals surface area contributed by atoms with E-state index in [0.29, 0.717) is 41.4 Å². The van der Waals surface area contributed by atoms with Gasteiger partial charge in [-0.2, -0.15) is 0 Å². The van der Waals surface area contributed by atoms with Crippen molar-refractivity contribution in [3.8, 4) is 0 Å². The summed E-state index contributed by atoms with van der Waals surface area (Å²) in [5.74, 6) is 7.53. The normalized spacial score (nSPS) is 19.4. The molecule has 0 aliphatic rings. The van der Waals surface area contributed by atoms with E-state index in [4.69, 9.17) is 0 Å². The van der Waals surface area contributed by atoms with Gasteiger partial charge in [0.1, 0.15) is 0 Å². The van der Waals surface area contributed by atoms with Crippen LogP contribution in [0.2, 0.25) is 0 Å². The van der Waals surface area contributed by atoms with Crippen LogP contribution < -0.4 is 0 Å². The first kappa shape index (κ1) is 92.0. The van der Waals surface area contributed by atoms with Crippen LogP contribution in [0.4, 0.5) is 0 Å². The summed E-state index contributed by atoms with van der Waals surface area (Å²) in [4.78, 5) is 0. The Morgan fingerprint density at radius 1 is 0.283 bits per heavy atom. The van der Waals surface area contributed by atoms with E-state index in [1.807, 2.05) is 0 Å². The summed E-state index contributed by atoms with van der Waals surface area (Å²) < 4.78 is 0. The third-order valence-corrected chi connectivity index (χ3v) is 27.9. The Bertz CT molecular complexity index is 1680. The van der Waals surface area contributed by atoms with E-state index in [2.05, 4.69) is 187 Å². The molecule has 0 aromatic rings. The monoisotopic (exact) mass is 1290 g/mol. The molecular weight excluding hydrogens is 1110 g/mol. The summed E-state index contributed by atoms with van der Waals surface area (Å²) in [7, 11) is 0. The van der Waals surface area contributed by atoms with Crippen LogP contribution in [0.15, 0.2) is 0 Å². The third kappa shape index (κ3) is 27.2. The predicted octanol–water partition coefficient (Wildman–Crippen LogP) is 33.5. The van der Waals surface area contributed by atoms with Crippen molar-refractivity contribution >= 4 is 0 Å².